The summed E-state index contributed by atoms with van der Waals surface area (Å²) in [7, 11) is 5.81. The van der Waals surface area contributed by atoms with Crippen molar-refractivity contribution in [3.63, 3.8) is 0 Å². The normalized spacial score (nSPS) is 13.9. The third-order valence-corrected chi connectivity index (χ3v) is 2.31. The van der Waals surface area contributed by atoms with Gasteiger partial charge in [0.05, 0.1) is 0 Å². The van der Waals surface area contributed by atoms with Gasteiger partial charge in [0.15, 0.2) is 0 Å². The van der Waals surface area contributed by atoms with Crippen LogP contribution in [0.15, 0.2) is 4.99 Å². The van der Waals surface area contributed by atoms with Gasteiger partial charge in [0.2, 0.25) is 5.96 Å². The second-order valence-corrected chi connectivity index (χ2v) is 4.36. The average Bonchev–Trinajstić information content (AvgIpc) is 2.30. The summed E-state index contributed by atoms with van der Waals surface area (Å²) in [6.07, 6.45) is 1.95. The van der Waals surface area contributed by atoms with E-state index in [2.05, 4.69) is 41.7 Å². The van der Waals surface area contributed by atoms with E-state index in [1.54, 1.807) is 7.11 Å². The van der Waals surface area contributed by atoms with E-state index in [0.717, 1.165) is 26.0 Å². The molecule has 0 aliphatic carbocycles. The number of ether oxygens (including phenoxy) is 1. The summed E-state index contributed by atoms with van der Waals surface area (Å²) in [6.45, 7) is 4.58. The summed E-state index contributed by atoms with van der Waals surface area (Å²) in [6, 6.07) is 0.342. The van der Waals surface area contributed by atoms with Crippen LogP contribution in [0, 0.1) is 0 Å². The van der Waals surface area contributed by atoms with Gasteiger partial charge in [-0.3, -0.25) is 10.4 Å². The van der Waals surface area contributed by atoms with Gasteiger partial charge in [0.1, 0.15) is 0 Å². The van der Waals surface area contributed by atoms with Crippen molar-refractivity contribution >= 4 is 5.96 Å². The molecule has 0 fully saturated rings. The lowest BCUT2D eigenvalue weighted by Gasteiger charge is -2.18. The smallest absolute Gasteiger partial charge is 0.205 e. The van der Waals surface area contributed by atoms with Crippen LogP contribution < -0.4 is 16.6 Å². The highest BCUT2D eigenvalue weighted by Gasteiger charge is 2.04. The third kappa shape index (κ3) is 10.0. The van der Waals surface area contributed by atoms with Crippen molar-refractivity contribution in [1.82, 2.24) is 15.6 Å². The highest BCUT2D eigenvalue weighted by Crippen LogP contribution is 1.92. The molecule has 0 saturated carbocycles. The van der Waals surface area contributed by atoms with Crippen LogP contribution in [-0.2, 0) is 4.74 Å². The maximum atomic E-state index is 5.41. The molecule has 1 atom stereocenters. The predicted molar refractivity (Wildman–Crippen MR) is 71.9 cm³/mol. The van der Waals surface area contributed by atoms with Crippen molar-refractivity contribution in [2.24, 2.45) is 10.8 Å². The van der Waals surface area contributed by atoms with Crippen molar-refractivity contribution in [3.05, 3.63) is 0 Å². The van der Waals surface area contributed by atoms with Gasteiger partial charge in [-0.05, 0) is 40.4 Å². The number of hydrazine groups is 1. The van der Waals surface area contributed by atoms with E-state index < -0.39 is 0 Å². The van der Waals surface area contributed by atoms with Gasteiger partial charge >= 0.3 is 0 Å². The monoisotopic (exact) mass is 245 g/mol. The van der Waals surface area contributed by atoms with Crippen LogP contribution in [0.1, 0.15) is 19.8 Å². The lowest BCUT2D eigenvalue weighted by molar-refractivity contribution is 0.197. The van der Waals surface area contributed by atoms with Gasteiger partial charge in [0, 0.05) is 26.3 Å². The number of methoxy groups -OCH3 is 1. The van der Waals surface area contributed by atoms with Crippen molar-refractivity contribution < 1.29 is 4.74 Å². The molecule has 17 heavy (non-hydrogen) atoms. The lowest BCUT2D eigenvalue weighted by Crippen LogP contribution is -2.46. The molecule has 0 aromatic heterocycles. The van der Waals surface area contributed by atoms with Crippen LogP contribution in [0.25, 0.3) is 0 Å². The molecule has 1 unspecified atom stereocenters. The highest BCUT2D eigenvalue weighted by atomic mass is 16.5. The largest absolute Gasteiger partial charge is 0.385 e. The van der Waals surface area contributed by atoms with Crippen LogP contribution in [0.5, 0.6) is 0 Å². The summed E-state index contributed by atoms with van der Waals surface area (Å²) >= 11 is 0. The summed E-state index contributed by atoms with van der Waals surface area (Å²) in [5.41, 5.74) is 2.58. The fourth-order valence-electron chi connectivity index (χ4n) is 1.29. The highest BCUT2D eigenvalue weighted by molar-refractivity contribution is 5.79. The van der Waals surface area contributed by atoms with E-state index in [9.17, 15) is 0 Å². The molecule has 0 radical (unpaired) electrons. The number of hydrogen-bond donors (Lipinski definition) is 3. The fraction of sp³-hybridized carbons (Fsp3) is 0.909. The Labute approximate surface area is 105 Å². The van der Waals surface area contributed by atoms with E-state index in [0.29, 0.717) is 18.5 Å². The molecule has 0 saturated heterocycles. The summed E-state index contributed by atoms with van der Waals surface area (Å²) < 4.78 is 4.96. The first kappa shape index (κ1) is 16.1. The van der Waals surface area contributed by atoms with Crippen LogP contribution >= 0.6 is 0 Å². The zero-order chi connectivity index (χ0) is 13.1. The SMILES string of the molecule is COCCCN=C(NN)NC(C)CCN(C)C. The predicted octanol–water partition coefficient (Wildman–Crippen LogP) is -0.228. The van der Waals surface area contributed by atoms with E-state index in [-0.39, 0.29) is 0 Å². The van der Waals surface area contributed by atoms with Gasteiger partial charge in [-0.2, -0.15) is 0 Å². The molecule has 0 spiro atoms. The van der Waals surface area contributed by atoms with Crippen molar-refractivity contribution in [2.75, 3.05) is 40.9 Å². The molecular formula is C11H27N5O. The quantitative estimate of drug-likeness (QED) is 0.181. The second kappa shape index (κ2) is 10.3. The first-order valence-corrected chi connectivity index (χ1v) is 6.01. The standard InChI is InChI=1S/C11H27N5O/c1-10(6-8-16(2)3)14-11(15-12)13-7-5-9-17-4/h10H,5-9,12H2,1-4H3,(H2,13,14,15). The molecule has 0 aromatic carbocycles. The Hall–Kier alpha value is -0.850. The molecule has 6 nitrogen and oxygen atoms in total. The first-order chi connectivity index (χ1) is 8.10. The van der Waals surface area contributed by atoms with Gasteiger partial charge in [-0.1, -0.05) is 0 Å². The molecule has 0 aliphatic heterocycles. The zero-order valence-corrected chi connectivity index (χ0v) is 11.5. The minimum atomic E-state index is 0.342. The van der Waals surface area contributed by atoms with Crippen molar-refractivity contribution in [3.8, 4) is 0 Å². The minimum Gasteiger partial charge on any atom is -0.385 e. The molecule has 0 aromatic rings. The molecule has 0 bridgehead atoms. The Kier molecular flexibility index (Phi) is 9.80. The maximum absolute atomic E-state index is 5.41. The van der Waals surface area contributed by atoms with Crippen molar-refractivity contribution in [2.45, 2.75) is 25.8 Å². The van der Waals surface area contributed by atoms with Crippen LogP contribution in [-0.4, -0.2) is 57.8 Å². The topological polar surface area (TPSA) is 74.9 Å². The van der Waals surface area contributed by atoms with Crippen LogP contribution in [0.3, 0.4) is 0 Å². The Balaban J connectivity index is 3.85. The maximum Gasteiger partial charge on any atom is 0.205 e. The van der Waals surface area contributed by atoms with Gasteiger partial charge in [-0.25, -0.2) is 5.84 Å². The second-order valence-electron chi connectivity index (χ2n) is 4.36. The average molecular weight is 245 g/mol. The number of nitrogens with one attached hydrogen (secondary N) is 2. The van der Waals surface area contributed by atoms with E-state index in [1.165, 1.54) is 0 Å². The fourth-order valence-corrected chi connectivity index (χ4v) is 1.29. The summed E-state index contributed by atoms with van der Waals surface area (Å²) in [4.78, 5) is 6.48. The van der Waals surface area contributed by atoms with Crippen molar-refractivity contribution in [1.29, 1.82) is 0 Å². The molecule has 0 amide bonds. The molecule has 0 rings (SSSR count). The summed E-state index contributed by atoms with van der Waals surface area (Å²) in [5.74, 6) is 6.05. The molecule has 0 aliphatic rings. The first-order valence-electron chi connectivity index (χ1n) is 6.01. The van der Waals surface area contributed by atoms with Gasteiger partial charge < -0.3 is 15.0 Å². The number of guanidine groups is 1. The van der Waals surface area contributed by atoms with Crippen LogP contribution in [0.4, 0.5) is 0 Å². The number of aliphatic imine (C=N–C) groups is 1. The Bertz CT molecular complexity index is 208. The molecule has 4 N–H and O–H groups in total. The lowest BCUT2D eigenvalue weighted by atomic mass is 10.2. The minimum absolute atomic E-state index is 0.342. The number of nitrogens with zero attached hydrogens (tertiary/aromatic N) is 2. The molecule has 102 valence electrons. The Morgan fingerprint density at radius 2 is 2.18 bits per heavy atom. The Morgan fingerprint density at radius 1 is 1.47 bits per heavy atom. The van der Waals surface area contributed by atoms with Crippen LogP contribution in [0.2, 0.25) is 0 Å². The molecular weight excluding hydrogens is 218 g/mol. The van der Waals surface area contributed by atoms with E-state index >= 15 is 0 Å². The zero-order valence-electron chi connectivity index (χ0n) is 11.5. The van der Waals surface area contributed by atoms with E-state index in [4.69, 9.17) is 10.6 Å². The Morgan fingerprint density at radius 3 is 2.71 bits per heavy atom. The summed E-state index contributed by atoms with van der Waals surface area (Å²) in [5, 5.41) is 3.25. The van der Waals surface area contributed by atoms with Gasteiger partial charge in [0.25, 0.3) is 0 Å². The molecule has 6 heteroatoms. The molecule has 0 heterocycles. The number of rotatable bonds is 8. The third-order valence-electron chi connectivity index (χ3n) is 2.31. The van der Waals surface area contributed by atoms with E-state index in [1.807, 2.05) is 0 Å². The number of hydrogen-bond acceptors (Lipinski definition) is 4. The number of nitrogens with two attached hydrogens (primary N) is 1. The van der Waals surface area contributed by atoms with Gasteiger partial charge in [-0.15, -0.1) is 0 Å².